The molecule has 0 bridgehead atoms. The van der Waals surface area contributed by atoms with Gasteiger partial charge in [-0.05, 0) is 67.9 Å². The Bertz CT molecular complexity index is 2670. The number of nitro benzene ring substituents is 3. The molecule has 0 atom stereocenters. The van der Waals surface area contributed by atoms with E-state index in [2.05, 4.69) is 27.3 Å². The smallest absolute Gasteiger partial charge is 0.394 e. The molecule has 0 heterocycles. The number of nitriles is 1. The molecule has 0 radical (unpaired) electrons. The molecule has 0 saturated heterocycles. The lowest BCUT2D eigenvalue weighted by molar-refractivity contribution is -0.385. The number of hydrogen-bond donors (Lipinski definition) is 5. The Hall–Kier alpha value is -6.66. The zero-order valence-electron chi connectivity index (χ0n) is 43.9. The van der Waals surface area contributed by atoms with Gasteiger partial charge in [-0.25, -0.2) is 14.4 Å². The highest BCUT2D eigenvalue weighted by Crippen LogP contribution is 2.32. The molecular weight excluding hydrogens is 1090 g/mol. The molecule has 0 aliphatic carbocycles. The summed E-state index contributed by atoms with van der Waals surface area (Å²) in [5, 5.41) is 57.3. The number of anilines is 1. The van der Waals surface area contributed by atoms with Crippen molar-refractivity contribution in [3.63, 3.8) is 0 Å². The zero-order chi connectivity index (χ0) is 58.2. The largest absolute Gasteiger partial charge is 0.478 e. The van der Waals surface area contributed by atoms with Crippen LogP contribution in [-0.2, 0) is 41.5 Å². The number of carboxylic acids is 1. The first kappa shape index (κ1) is 70.6. The maximum Gasteiger partial charge on any atom is 0.394 e. The fourth-order valence-corrected chi connectivity index (χ4v) is 5.94. The molecule has 0 aromatic heterocycles. The Morgan fingerprint density at radius 3 is 1.14 bits per heavy atom. The maximum absolute atomic E-state index is 11.6. The topological polar surface area (TPSA) is 364 Å². The van der Waals surface area contributed by atoms with Crippen LogP contribution in [0.25, 0.3) is 0 Å². The van der Waals surface area contributed by atoms with E-state index in [0.717, 1.165) is 22.8 Å². The van der Waals surface area contributed by atoms with E-state index in [1.165, 1.54) is 50.6 Å². The van der Waals surface area contributed by atoms with Gasteiger partial charge in [-0.15, -0.1) is 0 Å². The molecule has 0 aliphatic heterocycles. The number of rotatable bonds is 6. The number of nitrogen functional groups attached to an aromatic ring is 1. The number of alkyl halides is 1. The van der Waals surface area contributed by atoms with Crippen molar-refractivity contribution in [1.82, 2.24) is 0 Å². The number of carbonyl (C=O) groups excluding carboxylic acids is 2. The standard InChI is InChI=1S/C12H15NO4.C12H17NO2.C11H12N2O2.C11H13NO4.C2H6O.CH3I.H2O4S/c1-12(2,3)10-6-5-8(13(15)16)7-9(10)11(14)17-4;1-12(2,3)10-6-5-8(13)7-9(10)11(14)15-4;1-11(2,3)10-5-4-9(13(14)15)6-8(10)7-12;1-11(2,3)9-5-4-7(12(15)16)6-8(9)10(13)14;1-2-3;1-2;1-5(2,3)4/h5-7H,1-4H3;5-7H,13H2,1-4H3;4-6H,1-3H3;4-6H,1-3H3,(H,13,14);3H,2H2,1H3;1H3;(H2,1,2,3,4). The Balaban J connectivity index is -0.000000842. The third-order valence-electron chi connectivity index (χ3n) is 9.08. The lowest BCUT2D eigenvalue weighted by Crippen LogP contribution is -2.18. The van der Waals surface area contributed by atoms with Crippen molar-refractivity contribution >= 4 is 73.6 Å². The number of nitrogens with zero attached hydrogens (tertiary/aromatic N) is 4. The van der Waals surface area contributed by atoms with Crippen molar-refractivity contribution in [3.05, 3.63) is 148 Å². The Morgan fingerprint density at radius 1 is 0.603 bits per heavy atom. The number of aliphatic hydroxyl groups excluding tert-OH is 1. The van der Waals surface area contributed by atoms with E-state index in [9.17, 15) is 44.7 Å². The van der Waals surface area contributed by atoms with Gasteiger partial charge in [0.05, 0.1) is 57.3 Å². The van der Waals surface area contributed by atoms with E-state index in [0.29, 0.717) is 22.4 Å². The Morgan fingerprint density at radius 2 is 0.863 bits per heavy atom. The number of carbonyl (C=O) groups is 3. The second-order valence-electron chi connectivity index (χ2n) is 18.9. The SMILES string of the molecule is CC(C)(C)c1ccc([N+](=O)[O-])cc1C#N.CC(C)(C)c1ccc([N+](=O)[O-])cc1C(=O)O.CCO.CI.COC(=O)c1cc(N)ccc1C(C)(C)C.COC(=O)c1cc([N+](=O)[O-])ccc1C(C)(C)C.O=S(=O)(O)O. The van der Waals surface area contributed by atoms with Gasteiger partial charge in [0, 0.05) is 48.7 Å². The normalized spacial score (nSPS) is 10.7. The molecule has 24 heteroatoms. The minimum Gasteiger partial charge on any atom is -0.478 e. The van der Waals surface area contributed by atoms with E-state index < -0.39 is 37.1 Å². The van der Waals surface area contributed by atoms with Crippen LogP contribution < -0.4 is 5.73 Å². The molecule has 404 valence electrons. The van der Waals surface area contributed by atoms with Crippen molar-refractivity contribution in [2.45, 2.75) is 112 Å². The summed E-state index contributed by atoms with van der Waals surface area (Å²) in [6.45, 7) is 25.4. The van der Waals surface area contributed by atoms with E-state index >= 15 is 0 Å². The van der Waals surface area contributed by atoms with Crippen molar-refractivity contribution in [3.8, 4) is 6.07 Å². The number of non-ortho nitro benzene ring substituents is 3. The highest BCUT2D eigenvalue weighted by Gasteiger charge is 2.26. The maximum atomic E-state index is 11.6. The van der Waals surface area contributed by atoms with Gasteiger partial charge in [0.25, 0.3) is 17.1 Å². The number of nitrogens with two attached hydrogens (primary N) is 1. The van der Waals surface area contributed by atoms with Crippen molar-refractivity contribution in [2.75, 3.05) is 31.5 Å². The van der Waals surface area contributed by atoms with Gasteiger partial charge >= 0.3 is 28.3 Å². The summed E-state index contributed by atoms with van der Waals surface area (Å²) >= 11 is 2.15. The van der Waals surface area contributed by atoms with Gasteiger partial charge in [0.15, 0.2) is 0 Å². The molecule has 6 N–H and O–H groups in total. The van der Waals surface area contributed by atoms with Gasteiger partial charge in [0.1, 0.15) is 0 Å². The number of esters is 2. The number of methoxy groups -OCH3 is 2. The van der Waals surface area contributed by atoms with Crippen molar-refractivity contribution in [2.24, 2.45) is 0 Å². The van der Waals surface area contributed by atoms with Crippen LogP contribution in [0.2, 0.25) is 0 Å². The Kier molecular flexibility index (Phi) is 30.0. The predicted molar refractivity (Wildman–Crippen MR) is 286 cm³/mol. The average molecular weight is 1160 g/mol. The number of nitro groups is 3. The highest BCUT2D eigenvalue weighted by atomic mass is 127. The van der Waals surface area contributed by atoms with Crippen molar-refractivity contribution < 1.29 is 66.4 Å². The third-order valence-corrected chi connectivity index (χ3v) is 9.08. The first-order chi connectivity index (χ1) is 33.1. The monoisotopic (exact) mass is 1160 g/mol. The van der Waals surface area contributed by atoms with Crippen LogP contribution in [0.1, 0.15) is 149 Å². The number of aromatic carboxylic acids is 1. The van der Waals surface area contributed by atoms with Gasteiger partial charge in [-0.3, -0.25) is 39.4 Å². The van der Waals surface area contributed by atoms with Crippen LogP contribution >= 0.6 is 22.6 Å². The molecule has 22 nitrogen and oxygen atoms in total. The number of aliphatic hydroxyl groups is 1. The average Bonchev–Trinajstić information content (AvgIpc) is 3.27. The molecule has 0 aliphatic rings. The number of halogens is 1. The molecule has 0 spiro atoms. The molecule has 73 heavy (non-hydrogen) atoms. The van der Waals surface area contributed by atoms with Crippen LogP contribution in [0.15, 0.2) is 72.8 Å². The molecule has 0 saturated carbocycles. The molecule has 0 fully saturated rings. The van der Waals surface area contributed by atoms with E-state index in [-0.39, 0.29) is 62.4 Å². The Labute approximate surface area is 440 Å². The third kappa shape index (κ3) is 26.6. The minimum absolute atomic E-state index is 0.0123. The molecule has 4 aromatic rings. The number of ether oxygens (including phenoxy) is 2. The molecule has 4 rings (SSSR count). The van der Waals surface area contributed by atoms with Crippen LogP contribution in [-0.4, -0.2) is 86.2 Å². The van der Waals surface area contributed by atoms with Gasteiger partial charge in [-0.2, -0.15) is 13.7 Å². The minimum atomic E-state index is -4.67. The predicted octanol–water partition coefficient (Wildman–Crippen LogP) is 10.8. The highest BCUT2D eigenvalue weighted by molar-refractivity contribution is 14.1. The number of benzene rings is 4. The first-order valence-electron chi connectivity index (χ1n) is 21.4. The van der Waals surface area contributed by atoms with Crippen molar-refractivity contribution in [1.29, 1.82) is 5.26 Å². The summed E-state index contributed by atoms with van der Waals surface area (Å²) in [7, 11) is -2.04. The second-order valence-corrected chi connectivity index (χ2v) is 19.8. The van der Waals surface area contributed by atoms with E-state index in [1.54, 1.807) is 31.2 Å². The molecule has 0 unspecified atom stereocenters. The lowest BCUT2D eigenvalue weighted by atomic mass is 9.83. The lowest BCUT2D eigenvalue weighted by Gasteiger charge is -2.22. The van der Waals surface area contributed by atoms with Crippen LogP contribution in [0.4, 0.5) is 22.7 Å². The quantitative estimate of drug-likeness (QED) is 0.0228. The summed E-state index contributed by atoms with van der Waals surface area (Å²) < 4.78 is 41.0. The summed E-state index contributed by atoms with van der Waals surface area (Å²) in [6, 6.07) is 19.9. The van der Waals surface area contributed by atoms with Crippen LogP contribution in [0.3, 0.4) is 0 Å². The van der Waals surface area contributed by atoms with E-state index in [1.807, 2.05) is 100 Å². The molecular formula is C49H68IN5O17S. The molecule has 0 amide bonds. The van der Waals surface area contributed by atoms with Crippen LogP contribution in [0.5, 0.6) is 0 Å². The number of carboxylic acid groups (broad SMARTS) is 1. The summed E-state index contributed by atoms with van der Waals surface area (Å²) in [6.07, 6.45) is 0. The first-order valence-corrected chi connectivity index (χ1v) is 24.9. The van der Waals surface area contributed by atoms with Gasteiger partial charge < -0.3 is 25.4 Å². The second kappa shape index (κ2) is 31.0. The molecule has 4 aromatic carbocycles. The fourth-order valence-electron chi connectivity index (χ4n) is 5.94. The van der Waals surface area contributed by atoms with E-state index in [4.69, 9.17) is 43.5 Å². The van der Waals surface area contributed by atoms with Gasteiger partial charge in [0.2, 0.25) is 0 Å². The fraction of sp³-hybridized carbons (Fsp3) is 0.429. The van der Waals surface area contributed by atoms with Crippen LogP contribution in [0, 0.1) is 41.7 Å². The number of hydrogen-bond acceptors (Lipinski definition) is 16. The zero-order valence-corrected chi connectivity index (χ0v) is 46.9. The summed E-state index contributed by atoms with van der Waals surface area (Å²) in [4.78, 5) is 66.3. The summed E-state index contributed by atoms with van der Waals surface area (Å²) in [5.74, 6) is -2.04. The summed E-state index contributed by atoms with van der Waals surface area (Å²) in [5.41, 5.74) is 9.20. The van der Waals surface area contributed by atoms with Gasteiger partial charge in [-0.1, -0.05) is 130 Å².